The molecule has 2 N–H and O–H groups in total. The van der Waals surface area contributed by atoms with Gasteiger partial charge < -0.3 is 19.7 Å². The lowest BCUT2D eigenvalue weighted by atomic mass is 9.75. The number of rotatable bonds is 6. The zero-order valence-electron chi connectivity index (χ0n) is 16.8. The standard InChI is InChI=1S/C22H20Cl4O6/c23-14-6-12(7-15(24)18(14)27)20(29)31-10-22(4-2-1-3-5-22)11-32-21(30)13-8-16(25)19(28)17(26)9-13/h6-9,27-28H,1-5,10-11H2. The molecule has 3 rings (SSSR count). The van der Waals surface area contributed by atoms with Gasteiger partial charge in [-0.05, 0) is 37.1 Å². The number of carbonyl (C=O) groups is 2. The van der Waals surface area contributed by atoms with Crippen molar-refractivity contribution in [3.8, 4) is 11.5 Å². The highest BCUT2D eigenvalue weighted by Crippen LogP contribution is 2.39. The molecule has 1 aliphatic carbocycles. The minimum absolute atomic E-state index is 0.0340. The van der Waals surface area contributed by atoms with E-state index in [9.17, 15) is 19.8 Å². The zero-order valence-corrected chi connectivity index (χ0v) is 19.8. The van der Waals surface area contributed by atoms with Crippen molar-refractivity contribution in [2.45, 2.75) is 32.1 Å². The van der Waals surface area contributed by atoms with Crippen molar-refractivity contribution in [2.24, 2.45) is 5.41 Å². The maximum absolute atomic E-state index is 12.5. The molecule has 0 aromatic heterocycles. The molecule has 1 fully saturated rings. The lowest BCUT2D eigenvalue weighted by Crippen LogP contribution is -2.36. The second-order valence-corrected chi connectivity index (χ2v) is 9.42. The average molecular weight is 522 g/mol. The molecule has 1 saturated carbocycles. The molecule has 2 aromatic rings. The summed E-state index contributed by atoms with van der Waals surface area (Å²) in [7, 11) is 0. The Morgan fingerprint density at radius 3 is 1.41 bits per heavy atom. The first-order valence-corrected chi connectivity index (χ1v) is 11.3. The summed E-state index contributed by atoms with van der Waals surface area (Å²) in [5, 5.41) is 19.1. The molecule has 6 nitrogen and oxygen atoms in total. The molecule has 0 atom stereocenters. The lowest BCUT2D eigenvalue weighted by molar-refractivity contribution is -0.0199. The van der Waals surface area contributed by atoms with Crippen molar-refractivity contribution in [3.63, 3.8) is 0 Å². The van der Waals surface area contributed by atoms with E-state index >= 15 is 0 Å². The molecule has 0 spiro atoms. The molecule has 1 aliphatic rings. The normalized spacial score (nSPS) is 15.2. The summed E-state index contributed by atoms with van der Waals surface area (Å²) in [5.74, 6) is -1.92. The van der Waals surface area contributed by atoms with Crippen LogP contribution >= 0.6 is 46.4 Å². The molecule has 172 valence electrons. The summed E-state index contributed by atoms with van der Waals surface area (Å²) in [5.41, 5.74) is -0.332. The minimum atomic E-state index is -0.651. The minimum Gasteiger partial charge on any atom is -0.505 e. The van der Waals surface area contributed by atoms with E-state index < -0.39 is 17.4 Å². The summed E-state index contributed by atoms with van der Waals surface area (Å²) >= 11 is 23.5. The third kappa shape index (κ3) is 5.73. The van der Waals surface area contributed by atoms with Crippen LogP contribution in [0.4, 0.5) is 0 Å². The highest BCUT2D eigenvalue weighted by Gasteiger charge is 2.36. The molecule has 0 aliphatic heterocycles. The third-order valence-corrected chi connectivity index (χ3v) is 6.59. The largest absolute Gasteiger partial charge is 0.505 e. The first-order chi connectivity index (χ1) is 15.1. The van der Waals surface area contributed by atoms with Crippen molar-refractivity contribution in [1.29, 1.82) is 0 Å². The van der Waals surface area contributed by atoms with Gasteiger partial charge in [-0.25, -0.2) is 9.59 Å². The number of benzene rings is 2. The van der Waals surface area contributed by atoms with Crippen LogP contribution in [0.25, 0.3) is 0 Å². The van der Waals surface area contributed by atoms with Gasteiger partial charge in [0, 0.05) is 5.41 Å². The molecular weight excluding hydrogens is 502 g/mol. The van der Waals surface area contributed by atoms with E-state index in [1.54, 1.807) is 0 Å². The van der Waals surface area contributed by atoms with E-state index in [0.29, 0.717) is 12.8 Å². The Labute approximate surface area is 204 Å². The molecule has 0 unspecified atom stereocenters. The van der Waals surface area contributed by atoms with Crippen LogP contribution in [0.5, 0.6) is 11.5 Å². The van der Waals surface area contributed by atoms with Crippen molar-refractivity contribution in [1.82, 2.24) is 0 Å². The highest BCUT2D eigenvalue weighted by molar-refractivity contribution is 6.38. The van der Waals surface area contributed by atoms with Crippen molar-refractivity contribution in [2.75, 3.05) is 13.2 Å². The molecule has 0 amide bonds. The fourth-order valence-corrected chi connectivity index (χ4v) is 4.58. The summed E-state index contributed by atoms with van der Waals surface area (Å²) in [4.78, 5) is 25.1. The number of phenols is 2. The van der Waals surface area contributed by atoms with Crippen molar-refractivity contribution < 1.29 is 29.3 Å². The van der Waals surface area contributed by atoms with Gasteiger partial charge in [0.2, 0.25) is 0 Å². The summed E-state index contributed by atoms with van der Waals surface area (Å²) < 4.78 is 11.0. The number of ether oxygens (including phenoxy) is 2. The number of hydrogen-bond acceptors (Lipinski definition) is 6. The van der Waals surface area contributed by atoms with Gasteiger partial charge in [-0.15, -0.1) is 0 Å². The predicted molar refractivity (Wildman–Crippen MR) is 122 cm³/mol. The predicted octanol–water partition coefficient (Wildman–Crippen LogP) is 6.68. The number of carbonyl (C=O) groups excluding carboxylic acids is 2. The molecule has 10 heteroatoms. The third-order valence-electron chi connectivity index (χ3n) is 5.44. The van der Waals surface area contributed by atoms with Crippen molar-refractivity contribution in [3.05, 3.63) is 55.5 Å². The van der Waals surface area contributed by atoms with Gasteiger partial charge in [0.05, 0.1) is 31.2 Å². The molecule has 0 heterocycles. The van der Waals surface area contributed by atoms with Gasteiger partial charge >= 0.3 is 11.9 Å². The molecule has 0 bridgehead atoms. The van der Waals surface area contributed by atoms with Crippen LogP contribution in [0.2, 0.25) is 20.1 Å². The second-order valence-electron chi connectivity index (χ2n) is 7.79. The number of esters is 2. The van der Waals surface area contributed by atoms with Gasteiger partial charge in [0.1, 0.15) is 13.2 Å². The first-order valence-electron chi connectivity index (χ1n) is 9.82. The fraction of sp³-hybridized carbons (Fsp3) is 0.364. The van der Waals surface area contributed by atoms with Gasteiger partial charge in [-0.2, -0.15) is 0 Å². The SMILES string of the molecule is O=C(OCC1(COC(=O)c2cc(Cl)c(O)c(Cl)c2)CCCCC1)c1cc(Cl)c(O)c(Cl)c1. The Balaban J connectivity index is 1.69. The van der Waals surface area contributed by atoms with Gasteiger partial charge in [0.15, 0.2) is 11.5 Å². The van der Waals surface area contributed by atoms with Crippen LogP contribution in [0.3, 0.4) is 0 Å². The zero-order chi connectivity index (χ0) is 23.5. The fourth-order valence-electron chi connectivity index (χ4n) is 3.60. The lowest BCUT2D eigenvalue weighted by Gasteiger charge is -2.36. The molecule has 0 radical (unpaired) electrons. The van der Waals surface area contributed by atoms with Crippen LogP contribution in [0.15, 0.2) is 24.3 Å². The Kier molecular flexibility index (Phi) is 8.04. The van der Waals surface area contributed by atoms with Crippen LogP contribution < -0.4 is 0 Å². The van der Waals surface area contributed by atoms with E-state index in [4.69, 9.17) is 55.9 Å². The van der Waals surface area contributed by atoms with E-state index in [0.717, 1.165) is 19.3 Å². The molecule has 2 aromatic carbocycles. The molecule has 32 heavy (non-hydrogen) atoms. The quantitative estimate of drug-likeness (QED) is 0.412. The first kappa shape index (κ1) is 24.8. The Bertz CT molecular complexity index is 912. The van der Waals surface area contributed by atoms with Gasteiger partial charge in [-0.3, -0.25) is 0 Å². The summed E-state index contributed by atoms with van der Waals surface area (Å²) in [6, 6.07) is 5.10. The second kappa shape index (κ2) is 10.4. The molecular formula is C22H20Cl4O6. The monoisotopic (exact) mass is 520 g/mol. The average Bonchev–Trinajstić information content (AvgIpc) is 2.77. The highest BCUT2D eigenvalue weighted by atomic mass is 35.5. The number of phenolic OH excluding ortho intramolecular Hbond substituents is 2. The van der Waals surface area contributed by atoms with E-state index in [1.807, 2.05) is 0 Å². The Morgan fingerprint density at radius 2 is 1.06 bits per heavy atom. The number of aromatic hydroxyl groups is 2. The maximum Gasteiger partial charge on any atom is 0.338 e. The van der Waals surface area contributed by atoms with E-state index in [-0.39, 0.29) is 55.9 Å². The summed E-state index contributed by atoms with van der Waals surface area (Å²) in [6.45, 7) is 0.0681. The van der Waals surface area contributed by atoms with Gasteiger partial charge in [0.25, 0.3) is 0 Å². The molecule has 0 saturated heterocycles. The van der Waals surface area contributed by atoms with E-state index in [1.165, 1.54) is 24.3 Å². The van der Waals surface area contributed by atoms with Gasteiger partial charge in [-0.1, -0.05) is 65.7 Å². The Morgan fingerprint density at radius 1 is 0.719 bits per heavy atom. The van der Waals surface area contributed by atoms with Crippen LogP contribution in [0.1, 0.15) is 52.8 Å². The van der Waals surface area contributed by atoms with Crippen LogP contribution in [-0.2, 0) is 9.47 Å². The topological polar surface area (TPSA) is 93.1 Å². The number of halogens is 4. The van der Waals surface area contributed by atoms with Crippen molar-refractivity contribution >= 4 is 58.3 Å². The van der Waals surface area contributed by atoms with Crippen LogP contribution in [-0.4, -0.2) is 35.4 Å². The Hall–Kier alpha value is -1.86. The smallest absolute Gasteiger partial charge is 0.338 e. The van der Waals surface area contributed by atoms with Crippen LogP contribution in [0, 0.1) is 5.41 Å². The summed E-state index contributed by atoms with van der Waals surface area (Å²) in [6.07, 6.45) is 4.27. The maximum atomic E-state index is 12.5. The number of hydrogen-bond donors (Lipinski definition) is 2. The van der Waals surface area contributed by atoms with E-state index in [2.05, 4.69) is 0 Å².